The van der Waals surface area contributed by atoms with E-state index < -0.39 is 26.5 Å². The van der Waals surface area contributed by atoms with Crippen LogP contribution in [0.3, 0.4) is 0 Å². The third-order valence-corrected chi connectivity index (χ3v) is 3.62. The molecule has 8 heteroatoms. The number of halogens is 3. The highest BCUT2D eigenvalue weighted by Gasteiger charge is 2.32. The Morgan fingerprint density at radius 1 is 1.25 bits per heavy atom. The molecule has 1 aromatic carbocycles. The van der Waals surface area contributed by atoms with Gasteiger partial charge in [0.15, 0.2) is 9.84 Å². The third-order valence-electron chi connectivity index (χ3n) is 2.53. The number of benzene rings is 1. The quantitative estimate of drug-likeness (QED) is 0.927. The van der Waals surface area contributed by atoms with Crippen molar-refractivity contribution in [2.24, 2.45) is 0 Å². The Morgan fingerprint density at radius 2 is 1.85 bits per heavy atom. The number of amides is 1. The molecule has 1 amide bonds. The van der Waals surface area contributed by atoms with Crippen molar-refractivity contribution in [1.82, 2.24) is 5.32 Å². The monoisotopic (exact) mass is 309 g/mol. The van der Waals surface area contributed by atoms with Gasteiger partial charge < -0.3 is 5.32 Å². The normalized spacial score (nSPS) is 12.2. The van der Waals surface area contributed by atoms with Crippen molar-refractivity contribution in [3.63, 3.8) is 0 Å². The first-order chi connectivity index (χ1) is 9.04. The van der Waals surface area contributed by atoms with E-state index in [1.165, 1.54) is 0 Å². The zero-order valence-electron chi connectivity index (χ0n) is 10.9. The standard InChI is InChI=1S/C12H14F3NO3S/c1-3-11(17)16-7-8-4-9(12(13,14)15)6-10(5-8)20(2,18)19/h4-6H,3,7H2,1-2H3,(H,16,17). The molecule has 0 spiro atoms. The number of alkyl halides is 3. The molecular formula is C12H14F3NO3S. The predicted octanol–water partition coefficient (Wildman–Crippen LogP) is 2.14. The molecule has 0 fully saturated rings. The molecule has 0 radical (unpaired) electrons. The SMILES string of the molecule is CCC(=O)NCc1cc(C(F)(F)F)cc(S(C)(=O)=O)c1. The number of sulfone groups is 1. The van der Waals surface area contributed by atoms with Gasteiger partial charge in [0.25, 0.3) is 0 Å². The summed E-state index contributed by atoms with van der Waals surface area (Å²) in [5.74, 6) is -0.330. The summed E-state index contributed by atoms with van der Waals surface area (Å²) in [5, 5.41) is 2.40. The Morgan fingerprint density at radius 3 is 2.30 bits per heavy atom. The molecule has 0 aliphatic rings. The molecule has 1 N–H and O–H groups in total. The summed E-state index contributed by atoms with van der Waals surface area (Å²) in [7, 11) is -3.76. The maximum Gasteiger partial charge on any atom is 0.416 e. The maximum atomic E-state index is 12.7. The molecule has 0 aliphatic heterocycles. The van der Waals surface area contributed by atoms with Gasteiger partial charge in [-0.25, -0.2) is 8.42 Å². The summed E-state index contributed by atoms with van der Waals surface area (Å²) in [6.07, 6.45) is -3.63. The fourth-order valence-electron chi connectivity index (χ4n) is 1.47. The van der Waals surface area contributed by atoms with E-state index in [-0.39, 0.29) is 24.4 Å². The lowest BCUT2D eigenvalue weighted by atomic mass is 10.1. The second kappa shape index (κ2) is 5.82. The van der Waals surface area contributed by atoms with E-state index >= 15 is 0 Å². The highest BCUT2D eigenvalue weighted by atomic mass is 32.2. The van der Waals surface area contributed by atoms with E-state index in [4.69, 9.17) is 0 Å². The summed E-state index contributed by atoms with van der Waals surface area (Å²) in [5.41, 5.74) is -0.969. The van der Waals surface area contributed by atoms with Gasteiger partial charge >= 0.3 is 6.18 Å². The van der Waals surface area contributed by atoms with Crippen molar-refractivity contribution >= 4 is 15.7 Å². The summed E-state index contributed by atoms with van der Waals surface area (Å²) in [6.45, 7) is 1.45. The Balaban J connectivity index is 3.21. The van der Waals surface area contributed by atoms with Gasteiger partial charge in [0.05, 0.1) is 10.5 Å². The number of carbonyl (C=O) groups is 1. The van der Waals surface area contributed by atoms with Crippen molar-refractivity contribution in [2.75, 3.05) is 6.26 Å². The van der Waals surface area contributed by atoms with Gasteiger partial charge in [0.2, 0.25) is 5.91 Å². The van der Waals surface area contributed by atoms with Crippen LogP contribution in [0.5, 0.6) is 0 Å². The number of hydrogen-bond acceptors (Lipinski definition) is 3. The zero-order valence-corrected chi connectivity index (χ0v) is 11.7. The first kappa shape index (κ1) is 16.5. The van der Waals surface area contributed by atoms with Crippen molar-refractivity contribution < 1.29 is 26.4 Å². The van der Waals surface area contributed by atoms with Crippen LogP contribution in [0.25, 0.3) is 0 Å². The van der Waals surface area contributed by atoms with Gasteiger partial charge in [-0.2, -0.15) is 13.2 Å². The van der Waals surface area contributed by atoms with Gasteiger partial charge in [-0.05, 0) is 23.8 Å². The molecule has 0 aliphatic carbocycles. The Bertz CT molecular complexity index is 609. The van der Waals surface area contributed by atoms with Gasteiger partial charge in [-0.1, -0.05) is 6.92 Å². The molecule has 0 unspecified atom stereocenters. The molecule has 0 bridgehead atoms. The lowest BCUT2D eigenvalue weighted by Crippen LogP contribution is -2.22. The minimum absolute atomic E-state index is 0.0852. The van der Waals surface area contributed by atoms with E-state index in [0.29, 0.717) is 6.07 Å². The largest absolute Gasteiger partial charge is 0.416 e. The predicted molar refractivity (Wildman–Crippen MR) is 66.7 cm³/mol. The van der Waals surface area contributed by atoms with Crippen LogP contribution in [0.15, 0.2) is 23.1 Å². The molecule has 0 aromatic heterocycles. The van der Waals surface area contributed by atoms with Crippen LogP contribution in [-0.4, -0.2) is 20.6 Å². The summed E-state index contributed by atoms with van der Waals surface area (Å²) in [6, 6.07) is 2.53. The minimum atomic E-state index is -4.65. The Kier molecular flexibility index (Phi) is 4.80. The second-order valence-corrected chi connectivity index (χ2v) is 6.28. The van der Waals surface area contributed by atoms with E-state index in [0.717, 1.165) is 18.4 Å². The van der Waals surface area contributed by atoms with Crippen LogP contribution in [0.1, 0.15) is 24.5 Å². The minimum Gasteiger partial charge on any atom is -0.352 e. The third kappa shape index (κ3) is 4.52. The summed E-state index contributed by atoms with van der Waals surface area (Å²) < 4.78 is 61.0. The van der Waals surface area contributed by atoms with E-state index in [9.17, 15) is 26.4 Å². The average Bonchev–Trinajstić information content (AvgIpc) is 2.33. The van der Waals surface area contributed by atoms with E-state index in [1.807, 2.05) is 0 Å². The van der Waals surface area contributed by atoms with Crippen LogP contribution in [0, 0.1) is 0 Å². The summed E-state index contributed by atoms with van der Waals surface area (Å²) >= 11 is 0. The van der Waals surface area contributed by atoms with E-state index in [2.05, 4.69) is 5.32 Å². The van der Waals surface area contributed by atoms with Crippen molar-refractivity contribution in [1.29, 1.82) is 0 Å². The molecule has 112 valence electrons. The molecular weight excluding hydrogens is 295 g/mol. The van der Waals surface area contributed by atoms with Crippen molar-refractivity contribution in [3.05, 3.63) is 29.3 Å². The number of rotatable bonds is 4. The molecule has 0 saturated carbocycles. The van der Waals surface area contributed by atoms with Crippen molar-refractivity contribution in [2.45, 2.75) is 31.0 Å². The van der Waals surface area contributed by atoms with Crippen LogP contribution in [0.2, 0.25) is 0 Å². The average molecular weight is 309 g/mol. The number of nitrogens with one attached hydrogen (secondary N) is 1. The number of hydrogen-bond donors (Lipinski definition) is 1. The van der Waals surface area contributed by atoms with Gasteiger partial charge in [0.1, 0.15) is 0 Å². The maximum absolute atomic E-state index is 12.7. The smallest absolute Gasteiger partial charge is 0.352 e. The Hall–Kier alpha value is -1.57. The molecule has 4 nitrogen and oxygen atoms in total. The fraction of sp³-hybridized carbons (Fsp3) is 0.417. The molecule has 20 heavy (non-hydrogen) atoms. The first-order valence-electron chi connectivity index (χ1n) is 5.72. The lowest BCUT2D eigenvalue weighted by Gasteiger charge is -2.12. The highest BCUT2D eigenvalue weighted by molar-refractivity contribution is 7.90. The van der Waals surface area contributed by atoms with Crippen LogP contribution in [0.4, 0.5) is 13.2 Å². The molecule has 1 rings (SSSR count). The molecule has 0 saturated heterocycles. The van der Waals surface area contributed by atoms with Crippen molar-refractivity contribution in [3.8, 4) is 0 Å². The zero-order chi connectivity index (χ0) is 15.6. The Labute approximate surface area is 114 Å². The van der Waals surface area contributed by atoms with E-state index in [1.54, 1.807) is 6.92 Å². The molecule has 0 atom stereocenters. The second-order valence-electron chi connectivity index (χ2n) is 4.27. The van der Waals surface area contributed by atoms with Crippen LogP contribution >= 0.6 is 0 Å². The first-order valence-corrected chi connectivity index (χ1v) is 7.61. The van der Waals surface area contributed by atoms with Gasteiger partial charge in [0, 0.05) is 19.2 Å². The number of carbonyl (C=O) groups excluding carboxylic acids is 1. The summed E-state index contributed by atoms with van der Waals surface area (Å²) in [4.78, 5) is 10.7. The van der Waals surface area contributed by atoms with Crippen LogP contribution in [-0.2, 0) is 27.4 Å². The van der Waals surface area contributed by atoms with Crippen LogP contribution < -0.4 is 5.32 Å². The highest BCUT2D eigenvalue weighted by Crippen LogP contribution is 2.31. The topological polar surface area (TPSA) is 63.2 Å². The molecule has 1 aromatic rings. The van der Waals surface area contributed by atoms with Gasteiger partial charge in [-0.15, -0.1) is 0 Å². The molecule has 0 heterocycles. The van der Waals surface area contributed by atoms with Gasteiger partial charge in [-0.3, -0.25) is 4.79 Å². The lowest BCUT2D eigenvalue weighted by molar-refractivity contribution is -0.137. The fourth-order valence-corrected chi connectivity index (χ4v) is 2.17.